The SMILES string of the molecule is COc1ccc(C(OC[C@@H]2C[C@@H](N3CCCC3)[C@H](n3ccc(=O)[nH]c3=O)O2)(c2ccccc2)c2ccccc2)cc1. The zero-order valence-corrected chi connectivity index (χ0v) is 23.1. The lowest BCUT2D eigenvalue weighted by molar-refractivity contribution is -0.0830. The molecule has 2 aliphatic heterocycles. The number of aromatic nitrogens is 2. The minimum Gasteiger partial charge on any atom is -0.497 e. The van der Waals surface area contributed by atoms with Crippen molar-refractivity contribution < 1.29 is 14.2 Å². The van der Waals surface area contributed by atoms with Crippen LogP contribution in [0.1, 0.15) is 42.2 Å². The summed E-state index contributed by atoms with van der Waals surface area (Å²) in [7, 11) is 1.66. The van der Waals surface area contributed by atoms with E-state index in [2.05, 4.69) is 34.1 Å². The van der Waals surface area contributed by atoms with Crippen molar-refractivity contribution in [2.24, 2.45) is 0 Å². The van der Waals surface area contributed by atoms with Crippen LogP contribution in [0.15, 0.2) is 107 Å². The summed E-state index contributed by atoms with van der Waals surface area (Å²) in [6.07, 6.45) is 3.69. The second-order valence-corrected chi connectivity index (χ2v) is 10.7. The number of H-pyrrole nitrogens is 1. The van der Waals surface area contributed by atoms with Gasteiger partial charge in [-0.15, -0.1) is 0 Å². The maximum absolute atomic E-state index is 12.8. The number of hydrogen-bond donors (Lipinski definition) is 1. The Morgan fingerprint density at radius 3 is 2.05 bits per heavy atom. The topological polar surface area (TPSA) is 85.8 Å². The van der Waals surface area contributed by atoms with Crippen molar-refractivity contribution in [1.82, 2.24) is 14.5 Å². The predicted octanol–water partition coefficient (Wildman–Crippen LogP) is 4.31. The molecule has 4 aromatic rings. The number of likely N-dealkylation sites (tertiary alicyclic amines) is 1. The summed E-state index contributed by atoms with van der Waals surface area (Å²) in [5, 5.41) is 0. The molecule has 1 N–H and O–H groups in total. The molecule has 0 aliphatic carbocycles. The van der Waals surface area contributed by atoms with Crippen LogP contribution in [-0.4, -0.2) is 53.4 Å². The van der Waals surface area contributed by atoms with E-state index in [1.54, 1.807) is 7.11 Å². The Kier molecular flexibility index (Phi) is 7.87. The van der Waals surface area contributed by atoms with Gasteiger partial charge < -0.3 is 14.2 Å². The average Bonchev–Trinajstić information content (AvgIpc) is 3.70. The maximum Gasteiger partial charge on any atom is 0.330 e. The summed E-state index contributed by atoms with van der Waals surface area (Å²) in [5.74, 6) is 0.769. The number of ether oxygens (including phenoxy) is 3. The molecule has 2 saturated heterocycles. The van der Waals surface area contributed by atoms with Crippen molar-refractivity contribution in [3.63, 3.8) is 0 Å². The summed E-state index contributed by atoms with van der Waals surface area (Å²) >= 11 is 0. The van der Waals surface area contributed by atoms with Crippen molar-refractivity contribution in [2.45, 2.75) is 43.2 Å². The normalized spacial score (nSPS) is 21.2. The molecule has 212 valence electrons. The molecule has 2 aliphatic rings. The van der Waals surface area contributed by atoms with Crippen molar-refractivity contribution >= 4 is 0 Å². The molecular weight excluding hydrogens is 518 g/mol. The first-order chi connectivity index (χ1) is 20.1. The number of nitrogens with one attached hydrogen (secondary N) is 1. The van der Waals surface area contributed by atoms with Gasteiger partial charge in [0.2, 0.25) is 0 Å². The van der Waals surface area contributed by atoms with Crippen LogP contribution in [0.2, 0.25) is 0 Å². The lowest BCUT2D eigenvalue weighted by atomic mass is 9.80. The number of aromatic amines is 1. The molecule has 6 rings (SSSR count). The van der Waals surface area contributed by atoms with Crippen molar-refractivity contribution in [3.8, 4) is 5.75 Å². The molecule has 8 nitrogen and oxygen atoms in total. The van der Waals surface area contributed by atoms with E-state index in [9.17, 15) is 9.59 Å². The van der Waals surface area contributed by atoms with E-state index in [1.807, 2.05) is 60.7 Å². The van der Waals surface area contributed by atoms with Gasteiger partial charge in [-0.1, -0.05) is 72.8 Å². The van der Waals surface area contributed by atoms with E-state index in [0.29, 0.717) is 13.0 Å². The summed E-state index contributed by atoms with van der Waals surface area (Å²) in [6, 6.07) is 29.8. The molecule has 3 atom stereocenters. The van der Waals surface area contributed by atoms with Crippen LogP contribution in [0, 0.1) is 0 Å². The van der Waals surface area contributed by atoms with Crippen LogP contribution < -0.4 is 16.0 Å². The van der Waals surface area contributed by atoms with Gasteiger partial charge >= 0.3 is 5.69 Å². The first-order valence-electron chi connectivity index (χ1n) is 14.2. The van der Waals surface area contributed by atoms with Crippen LogP contribution in [0.3, 0.4) is 0 Å². The third kappa shape index (κ3) is 5.38. The molecule has 0 spiro atoms. The van der Waals surface area contributed by atoms with E-state index >= 15 is 0 Å². The van der Waals surface area contributed by atoms with Gasteiger partial charge in [-0.2, -0.15) is 0 Å². The molecule has 8 heteroatoms. The zero-order valence-electron chi connectivity index (χ0n) is 23.1. The minimum absolute atomic E-state index is 0.00135. The van der Waals surface area contributed by atoms with E-state index < -0.39 is 23.1 Å². The van der Waals surface area contributed by atoms with E-state index in [1.165, 1.54) is 16.8 Å². The Morgan fingerprint density at radius 1 is 0.854 bits per heavy atom. The van der Waals surface area contributed by atoms with Gasteiger partial charge in [0.15, 0.2) is 6.23 Å². The third-order valence-electron chi connectivity index (χ3n) is 8.24. The van der Waals surface area contributed by atoms with Crippen LogP contribution >= 0.6 is 0 Å². The standard InChI is InChI=1S/C33H35N3O5/c1-39-27-16-14-26(15-17-27)33(24-10-4-2-5-11-24,25-12-6-3-7-13-25)40-23-28-22-29(35-19-8-9-20-35)31(41-28)36-21-18-30(37)34-32(36)38/h2-7,10-18,21,28-29,31H,8-9,19-20,22-23H2,1H3,(H,34,37,38)/t28-,29+,31+/m0/s1. The number of nitrogens with zero attached hydrogens (tertiary/aromatic N) is 2. The molecule has 0 unspecified atom stereocenters. The highest BCUT2D eigenvalue weighted by Gasteiger charge is 2.44. The molecule has 0 bridgehead atoms. The predicted molar refractivity (Wildman–Crippen MR) is 156 cm³/mol. The average molecular weight is 554 g/mol. The lowest BCUT2D eigenvalue weighted by Gasteiger charge is -2.36. The Balaban J connectivity index is 1.37. The summed E-state index contributed by atoms with van der Waals surface area (Å²) in [6.45, 7) is 2.22. The van der Waals surface area contributed by atoms with Gasteiger partial charge in [0.25, 0.3) is 5.56 Å². The highest BCUT2D eigenvalue weighted by Crippen LogP contribution is 2.42. The Labute approximate surface area is 239 Å². The van der Waals surface area contributed by atoms with Crippen LogP contribution in [0.25, 0.3) is 0 Å². The number of rotatable bonds is 9. The van der Waals surface area contributed by atoms with E-state index in [-0.39, 0.29) is 12.1 Å². The fraction of sp³-hybridized carbons (Fsp3) is 0.333. The van der Waals surface area contributed by atoms with Gasteiger partial charge in [-0.25, -0.2) is 4.79 Å². The van der Waals surface area contributed by atoms with Gasteiger partial charge in [0.1, 0.15) is 11.4 Å². The van der Waals surface area contributed by atoms with Gasteiger partial charge in [-0.05, 0) is 61.2 Å². The Hall–Kier alpha value is -3.98. The zero-order chi connectivity index (χ0) is 28.2. The van der Waals surface area contributed by atoms with Crippen molar-refractivity contribution in [3.05, 3.63) is 135 Å². The van der Waals surface area contributed by atoms with Gasteiger partial charge in [0.05, 0.1) is 25.9 Å². The van der Waals surface area contributed by atoms with E-state index in [4.69, 9.17) is 14.2 Å². The quantitative estimate of drug-likeness (QED) is 0.311. The summed E-state index contributed by atoms with van der Waals surface area (Å²) in [4.78, 5) is 29.3. The second-order valence-electron chi connectivity index (χ2n) is 10.7. The minimum atomic E-state index is -0.909. The molecule has 0 saturated carbocycles. The fourth-order valence-electron chi connectivity index (χ4n) is 6.26. The second kappa shape index (κ2) is 11.9. The van der Waals surface area contributed by atoms with Crippen molar-refractivity contribution in [2.75, 3.05) is 26.8 Å². The number of benzene rings is 3. The monoisotopic (exact) mass is 553 g/mol. The van der Waals surface area contributed by atoms with Gasteiger partial charge in [-0.3, -0.25) is 19.2 Å². The largest absolute Gasteiger partial charge is 0.497 e. The molecular formula is C33H35N3O5. The highest BCUT2D eigenvalue weighted by atomic mass is 16.6. The van der Waals surface area contributed by atoms with Crippen molar-refractivity contribution in [1.29, 1.82) is 0 Å². The van der Waals surface area contributed by atoms with Gasteiger partial charge in [0, 0.05) is 12.3 Å². The first-order valence-corrected chi connectivity index (χ1v) is 14.2. The maximum atomic E-state index is 12.8. The van der Waals surface area contributed by atoms with E-state index in [0.717, 1.165) is 48.4 Å². The molecule has 1 aromatic heterocycles. The number of methoxy groups -OCH3 is 1. The van der Waals surface area contributed by atoms with Crippen LogP contribution in [0.5, 0.6) is 5.75 Å². The molecule has 3 heterocycles. The van der Waals surface area contributed by atoms with Crippen LogP contribution in [-0.2, 0) is 15.1 Å². The first kappa shape index (κ1) is 27.2. The molecule has 3 aromatic carbocycles. The summed E-state index contributed by atoms with van der Waals surface area (Å²) < 4.78 is 20.6. The molecule has 0 radical (unpaired) electrons. The molecule has 0 amide bonds. The fourth-order valence-corrected chi connectivity index (χ4v) is 6.26. The highest BCUT2D eigenvalue weighted by molar-refractivity contribution is 5.48. The Bertz CT molecular complexity index is 1510. The third-order valence-corrected chi connectivity index (χ3v) is 8.24. The molecule has 41 heavy (non-hydrogen) atoms. The Morgan fingerprint density at radius 2 is 1.46 bits per heavy atom. The van der Waals surface area contributed by atoms with Crippen LogP contribution in [0.4, 0.5) is 0 Å². The number of hydrogen-bond acceptors (Lipinski definition) is 6. The lowest BCUT2D eigenvalue weighted by Crippen LogP contribution is -2.41. The summed E-state index contributed by atoms with van der Waals surface area (Å²) in [5.41, 5.74) is 1.18. The molecule has 2 fully saturated rings. The smallest absolute Gasteiger partial charge is 0.330 e.